The maximum atomic E-state index is 11.6. The quantitative estimate of drug-likeness (QED) is 0.510. The highest BCUT2D eigenvalue weighted by Crippen LogP contribution is 2.10. The first-order chi connectivity index (χ1) is 10.7. The summed E-state index contributed by atoms with van der Waals surface area (Å²) in [5, 5.41) is 9.42. The van der Waals surface area contributed by atoms with E-state index in [1.165, 1.54) is 5.56 Å². The monoisotopic (exact) mass is 304 g/mol. The van der Waals surface area contributed by atoms with Gasteiger partial charge in [0.05, 0.1) is 12.6 Å². The lowest BCUT2D eigenvalue weighted by Crippen LogP contribution is -2.39. The first kappa shape index (κ1) is 18.0. The molecule has 1 amide bonds. The number of hydrogen-bond donors (Lipinski definition) is 3. The molecule has 1 atom stereocenters. The predicted molar refractivity (Wildman–Crippen MR) is 91.9 cm³/mol. The van der Waals surface area contributed by atoms with Crippen LogP contribution in [0.4, 0.5) is 0 Å². The molecule has 1 rings (SSSR count). The summed E-state index contributed by atoms with van der Waals surface area (Å²) < 4.78 is 0. The maximum absolute atomic E-state index is 11.6. The molecular weight excluding hydrogens is 276 g/mol. The molecular formula is C17H28N4O. The zero-order valence-corrected chi connectivity index (χ0v) is 13.9. The molecule has 3 N–H and O–H groups in total. The summed E-state index contributed by atoms with van der Waals surface area (Å²) in [6.45, 7) is 8.15. The summed E-state index contributed by atoms with van der Waals surface area (Å²) in [7, 11) is 0. The van der Waals surface area contributed by atoms with Gasteiger partial charge in [-0.3, -0.25) is 9.79 Å². The standard InChI is InChI=1S/C17H28N4O/c1-4-12-19-16(22)11-13-20-17(18-5-2)21-14(3)15-9-7-6-8-10-15/h6-10,14H,4-5,11-13H2,1-3H3,(H,19,22)(H2,18,20,21). The van der Waals surface area contributed by atoms with Crippen molar-refractivity contribution in [2.45, 2.75) is 39.7 Å². The number of nitrogens with one attached hydrogen (secondary N) is 3. The second-order valence-corrected chi connectivity index (χ2v) is 5.14. The Morgan fingerprint density at radius 2 is 1.91 bits per heavy atom. The highest BCUT2D eigenvalue weighted by molar-refractivity contribution is 5.81. The number of carbonyl (C=O) groups is 1. The van der Waals surface area contributed by atoms with E-state index in [9.17, 15) is 4.79 Å². The molecule has 0 spiro atoms. The van der Waals surface area contributed by atoms with Crippen LogP contribution in [0.25, 0.3) is 0 Å². The van der Waals surface area contributed by atoms with Gasteiger partial charge in [0, 0.05) is 19.5 Å². The lowest BCUT2D eigenvalue weighted by atomic mass is 10.1. The van der Waals surface area contributed by atoms with Crippen molar-refractivity contribution in [3.63, 3.8) is 0 Å². The molecule has 5 nitrogen and oxygen atoms in total. The summed E-state index contributed by atoms with van der Waals surface area (Å²) in [5.74, 6) is 0.791. The Bertz CT molecular complexity index is 459. The van der Waals surface area contributed by atoms with E-state index in [2.05, 4.69) is 40.0 Å². The van der Waals surface area contributed by atoms with Crippen LogP contribution in [0.15, 0.2) is 35.3 Å². The summed E-state index contributed by atoms with van der Waals surface area (Å²) in [6.07, 6.45) is 1.37. The molecule has 0 aliphatic rings. The molecule has 5 heteroatoms. The fourth-order valence-corrected chi connectivity index (χ4v) is 1.97. The van der Waals surface area contributed by atoms with E-state index < -0.39 is 0 Å². The van der Waals surface area contributed by atoms with Crippen molar-refractivity contribution < 1.29 is 4.79 Å². The van der Waals surface area contributed by atoms with Gasteiger partial charge >= 0.3 is 0 Å². The van der Waals surface area contributed by atoms with Gasteiger partial charge in [-0.1, -0.05) is 37.3 Å². The third kappa shape index (κ3) is 7.11. The molecule has 122 valence electrons. The number of nitrogens with zero attached hydrogens (tertiary/aromatic N) is 1. The highest BCUT2D eigenvalue weighted by Gasteiger charge is 2.07. The van der Waals surface area contributed by atoms with Gasteiger partial charge in [0.15, 0.2) is 5.96 Å². The van der Waals surface area contributed by atoms with E-state index in [0.29, 0.717) is 13.0 Å². The molecule has 1 aromatic rings. The van der Waals surface area contributed by atoms with Crippen molar-refractivity contribution in [1.82, 2.24) is 16.0 Å². The van der Waals surface area contributed by atoms with Crippen LogP contribution in [-0.2, 0) is 4.79 Å². The van der Waals surface area contributed by atoms with Crippen molar-refractivity contribution >= 4 is 11.9 Å². The lowest BCUT2D eigenvalue weighted by Gasteiger charge is -2.18. The molecule has 0 heterocycles. The molecule has 0 saturated heterocycles. The second kappa shape index (κ2) is 10.7. The fraction of sp³-hybridized carbons (Fsp3) is 0.529. The Balaban J connectivity index is 2.50. The number of hydrogen-bond acceptors (Lipinski definition) is 2. The Kier molecular flexibility index (Phi) is 8.72. The number of rotatable bonds is 8. The average molecular weight is 304 g/mol. The van der Waals surface area contributed by atoms with Gasteiger partial charge in [0.2, 0.25) is 5.91 Å². The van der Waals surface area contributed by atoms with Crippen molar-refractivity contribution in [3.8, 4) is 0 Å². The number of aliphatic imine (C=N–C) groups is 1. The molecule has 0 fully saturated rings. The van der Waals surface area contributed by atoms with E-state index in [1.807, 2.05) is 32.0 Å². The first-order valence-corrected chi connectivity index (χ1v) is 8.03. The minimum absolute atomic E-state index is 0.0533. The number of guanidine groups is 1. The van der Waals surface area contributed by atoms with Gasteiger partial charge in [-0.25, -0.2) is 0 Å². The summed E-state index contributed by atoms with van der Waals surface area (Å²) in [6, 6.07) is 10.4. The van der Waals surface area contributed by atoms with Crippen molar-refractivity contribution in [1.29, 1.82) is 0 Å². The van der Waals surface area contributed by atoms with Crippen LogP contribution in [-0.4, -0.2) is 31.5 Å². The average Bonchev–Trinajstić information content (AvgIpc) is 2.53. The zero-order chi connectivity index (χ0) is 16.2. The number of benzene rings is 1. The maximum Gasteiger partial charge on any atom is 0.221 e. The molecule has 0 aliphatic heterocycles. The van der Waals surface area contributed by atoms with Crippen molar-refractivity contribution in [2.24, 2.45) is 4.99 Å². The van der Waals surface area contributed by atoms with Crippen LogP contribution in [0.2, 0.25) is 0 Å². The van der Waals surface area contributed by atoms with Gasteiger partial charge in [0.25, 0.3) is 0 Å². The highest BCUT2D eigenvalue weighted by atomic mass is 16.1. The molecule has 22 heavy (non-hydrogen) atoms. The van der Waals surface area contributed by atoms with Crippen LogP contribution >= 0.6 is 0 Å². The largest absolute Gasteiger partial charge is 0.357 e. The van der Waals surface area contributed by atoms with Crippen LogP contribution in [0.3, 0.4) is 0 Å². The number of carbonyl (C=O) groups excluding carboxylic acids is 1. The predicted octanol–water partition coefficient (Wildman–Crippen LogP) is 2.22. The number of amides is 1. The Morgan fingerprint density at radius 3 is 2.55 bits per heavy atom. The molecule has 1 unspecified atom stereocenters. The Morgan fingerprint density at radius 1 is 1.18 bits per heavy atom. The molecule has 0 aliphatic carbocycles. The minimum Gasteiger partial charge on any atom is -0.357 e. The SMILES string of the molecule is CCCNC(=O)CCN=C(NCC)NC(C)c1ccccc1. The van der Waals surface area contributed by atoms with Gasteiger partial charge in [0.1, 0.15) is 0 Å². The Labute approximate surface area is 133 Å². The van der Waals surface area contributed by atoms with E-state index in [-0.39, 0.29) is 11.9 Å². The summed E-state index contributed by atoms with van der Waals surface area (Å²) in [5.41, 5.74) is 1.20. The minimum atomic E-state index is 0.0533. The van der Waals surface area contributed by atoms with Crippen molar-refractivity contribution in [3.05, 3.63) is 35.9 Å². The lowest BCUT2D eigenvalue weighted by molar-refractivity contribution is -0.120. The fourth-order valence-electron chi connectivity index (χ4n) is 1.97. The van der Waals surface area contributed by atoms with E-state index in [0.717, 1.165) is 25.5 Å². The van der Waals surface area contributed by atoms with Gasteiger partial charge < -0.3 is 16.0 Å². The second-order valence-electron chi connectivity index (χ2n) is 5.14. The molecule has 1 aromatic carbocycles. The third-order valence-electron chi connectivity index (χ3n) is 3.18. The van der Waals surface area contributed by atoms with Crippen LogP contribution < -0.4 is 16.0 Å². The molecule has 0 aromatic heterocycles. The van der Waals surface area contributed by atoms with E-state index in [1.54, 1.807) is 0 Å². The van der Waals surface area contributed by atoms with E-state index in [4.69, 9.17) is 0 Å². The third-order valence-corrected chi connectivity index (χ3v) is 3.18. The van der Waals surface area contributed by atoms with Crippen LogP contribution in [0.5, 0.6) is 0 Å². The van der Waals surface area contributed by atoms with Gasteiger partial charge in [-0.15, -0.1) is 0 Å². The molecule has 0 bridgehead atoms. The summed E-state index contributed by atoms with van der Waals surface area (Å²) >= 11 is 0. The zero-order valence-electron chi connectivity index (χ0n) is 13.9. The Hall–Kier alpha value is -2.04. The van der Waals surface area contributed by atoms with Gasteiger partial charge in [-0.2, -0.15) is 0 Å². The van der Waals surface area contributed by atoms with E-state index >= 15 is 0 Å². The van der Waals surface area contributed by atoms with Gasteiger partial charge in [-0.05, 0) is 25.8 Å². The molecule has 0 radical (unpaired) electrons. The topological polar surface area (TPSA) is 65.5 Å². The first-order valence-electron chi connectivity index (χ1n) is 8.03. The normalized spacial score (nSPS) is 12.6. The van der Waals surface area contributed by atoms with Crippen LogP contribution in [0, 0.1) is 0 Å². The molecule has 0 saturated carbocycles. The van der Waals surface area contributed by atoms with Crippen LogP contribution in [0.1, 0.15) is 45.2 Å². The summed E-state index contributed by atoms with van der Waals surface area (Å²) in [4.78, 5) is 16.0. The smallest absolute Gasteiger partial charge is 0.221 e. The van der Waals surface area contributed by atoms with Crippen molar-refractivity contribution in [2.75, 3.05) is 19.6 Å².